The number of amides is 1. The number of carbonyl (C=O) groups excluding carboxylic acids is 1. The van der Waals surface area contributed by atoms with E-state index in [4.69, 9.17) is 5.73 Å². The van der Waals surface area contributed by atoms with Crippen LogP contribution in [-0.2, 0) is 4.79 Å². The summed E-state index contributed by atoms with van der Waals surface area (Å²) in [5, 5.41) is 0. The van der Waals surface area contributed by atoms with Crippen molar-refractivity contribution in [1.82, 2.24) is 4.90 Å². The summed E-state index contributed by atoms with van der Waals surface area (Å²) in [7, 11) is 0. The normalized spacial score (nSPS) is 23.7. The van der Waals surface area contributed by atoms with Crippen molar-refractivity contribution in [2.45, 2.75) is 31.5 Å². The first-order valence-electron chi connectivity index (χ1n) is 4.54. The van der Waals surface area contributed by atoms with Gasteiger partial charge in [0.15, 0.2) is 0 Å². The summed E-state index contributed by atoms with van der Waals surface area (Å²) in [6.45, 7) is 0.266. The minimum absolute atomic E-state index is 0.0990. The van der Waals surface area contributed by atoms with E-state index in [0.717, 1.165) is 11.3 Å². The van der Waals surface area contributed by atoms with Crippen molar-refractivity contribution in [1.29, 1.82) is 0 Å². The zero-order valence-electron chi connectivity index (χ0n) is 7.68. The molecule has 3 nitrogen and oxygen atoms in total. The number of alkyl halides is 3. The van der Waals surface area contributed by atoms with Crippen molar-refractivity contribution < 1.29 is 18.0 Å². The summed E-state index contributed by atoms with van der Waals surface area (Å²) in [5.74, 6) is -1.76. The van der Waals surface area contributed by atoms with Crippen LogP contribution < -0.4 is 5.73 Å². The van der Waals surface area contributed by atoms with E-state index in [2.05, 4.69) is 0 Å². The summed E-state index contributed by atoms with van der Waals surface area (Å²) in [6, 6.07) is -0.446. The Morgan fingerprint density at radius 1 is 1.43 bits per heavy atom. The maximum absolute atomic E-state index is 12.1. The molecule has 0 radical (unpaired) electrons. The van der Waals surface area contributed by atoms with Crippen molar-refractivity contribution in [3.05, 3.63) is 0 Å². The molecule has 1 unspecified atom stereocenters. The van der Waals surface area contributed by atoms with Crippen molar-refractivity contribution >= 4 is 5.91 Å². The average Bonchev–Trinajstić information content (AvgIpc) is 2.15. The Balaban J connectivity index is 2.69. The second-order valence-electron chi connectivity index (χ2n) is 3.38. The molecule has 14 heavy (non-hydrogen) atoms. The third-order valence-electron chi connectivity index (χ3n) is 2.40. The molecule has 1 saturated heterocycles. The van der Waals surface area contributed by atoms with E-state index in [1.165, 1.54) is 0 Å². The maximum atomic E-state index is 12.1. The van der Waals surface area contributed by atoms with Gasteiger partial charge in [0.1, 0.15) is 0 Å². The van der Waals surface area contributed by atoms with Crippen LogP contribution in [0.15, 0.2) is 0 Å². The first-order valence-corrected chi connectivity index (χ1v) is 4.54. The molecule has 0 bridgehead atoms. The van der Waals surface area contributed by atoms with Crippen molar-refractivity contribution in [2.24, 2.45) is 5.73 Å². The number of likely N-dealkylation sites (tertiary alicyclic amines) is 1. The summed E-state index contributed by atoms with van der Waals surface area (Å²) < 4.78 is 36.3. The van der Waals surface area contributed by atoms with Crippen LogP contribution in [0.25, 0.3) is 0 Å². The monoisotopic (exact) mass is 210 g/mol. The molecule has 1 aliphatic rings. The lowest BCUT2D eigenvalue weighted by Crippen LogP contribution is -2.52. The predicted octanol–water partition coefficient (Wildman–Crippen LogP) is 0.888. The van der Waals surface area contributed by atoms with Gasteiger partial charge in [-0.1, -0.05) is 0 Å². The zero-order chi connectivity index (χ0) is 10.8. The van der Waals surface area contributed by atoms with Gasteiger partial charge in [-0.05, 0) is 19.3 Å². The molecule has 1 aliphatic heterocycles. The van der Waals surface area contributed by atoms with Gasteiger partial charge in [0, 0.05) is 19.1 Å². The molecule has 0 aromatic carbocycles. The largest absolute Gasteiger partial charge is 0.471 e. The summed E-state index contributed by atoms with van der Waals surface area (Å²) in [4.78, 5) is 11.8. The molecule has 0 saturated carbocycles. The van der Waals surface area contributed by atoms with E-state index in [1.807, 2.05) is 0 Å². The Morgan fingerprint density at radius 3 is 2.57 bits per heavy atom. The first-order chi connectivity index (χ1) is 6.46. The smallest absolute Gasteiger partial charge is 0.331 e. The van der Waals surface area contributed by atoms with Crippen LogP contribution in [0.1, 0.15) is 19.3 Å². The van der Waals surface area contributed by atoms with Crippen LogP contribution in [0.2, 0.25) is 0 Å². The highest BCUT2D eigenvalue weighted by atomic mass is 19.4. The SMILES string of the molecule is NCC1CCCCN1C(=O)C(F)(F)F. The van der Waals surface area contributed by atoms with Gasteiger partial charge in [-0.2, -0.15) is 13.2 Å². The number of halogens is 3. The van der Waals surface area contributed by atoms with Gasteiger partial charge in [-0.3, -0.25) is 4.79 Å². The van der Waals surface area contributed by atoms with E-state index in [9.17, 15) is 18.0 Å². The molecular formula is C8H13F3N2O. The highest BCUT2D eigenvalue weighted by Crippen LogP contribution is 2.24. The van der Waals surface area contributed by atoms with Crippen LogP contribution in [0.3, 0.4) is 0 Å². The summed E-state index contributed by atoms with van der Waals surface area (Å²) in [6.07, 6.45) is -2.75. The molecule has 82 valence electrons. The molecule has 2 N–H and O–H groups in total. The van der Waals surface area contributed by atoms with Gasteiger partial charge in [-0.25, -0.2) is 0 Å². The molecule has 0 aromatic heterocycles. The lowest BCUT2D eigenvalue weighted by molar-refractivity contribution is -0.188. The number of nitrogens with zero attached hydrogens (tertiary/aromatic N) is 1. The fourth-order valence-electron chi connectivity index (χ4n) is 1.68. The number of piperidine rings is 1. The minimum atomic E-state index is -4.77. The molecule has 1 rings (SSSR count). The van der Waals surface area contributed by atoms with Crippen molar-refractivity contribution in [3.8, 4) is 0 Å². The lowest BCUT2D eigenvalue weighted by Gasteiger charge is -2.35. The maximum Gasteiger partial charge on any atom is 0.471 e. The highest BCUT2D eigenvalue weighted by Gasteiger charge is 2.44. The first kappa shape index (κ1) is 11.3. The van der Waals surface area contributed by atoms with Gasteiger partial charge in [0.2, 0.25) is 0 Å². The van der Waals surface area contributed by atoms with E-state index < -0.39 is 18.1 Å². The van der Waals surface area contributed by atoms with Crippen molar-refractivity contribution in [3.63, 3.8) is 0 Å². The van der Waals surface area contributed by atoms with Crippen LogP contribution in [0, 0.1) is 0 Å². The standard InChI is InChI=1S/C8H13F3N2O/c9-8(10,11)7(14)13-4-2-1-3-6(13)5-12/h6H,1-5,12H2. The Morgan fingerprint density at radius 2 is 2.07 bits per heavy atom. The van der Waals surface area contributed by atoms with Crippen LogP contribution >= 0.6 is 0 Å². The molecule has 0 spiro atoms. The number of hydrogen-bond acceptors (Lipinski definition) is 2. The molecule has 1 amide bonds. The third-order valence-corrected chi connectivity index (χ3v) is 2.40. The fraction of sp³-hybridized carbons (Fsp3) is 0.875. The Labute approximate surface area is 80.0 Å². The average molecular weight is 210 g/mol. The zero-order valence-corrected chi connectivity index (χ0v) is 7.68. The second kappa shape index (κ2) is 4.16. The predicted molar refractivity (Wildman–Crippen MR) is 44.5 cm³/mol. The lowest BCUT2D eigenvalue weighted by atomic mass is 10.0. The van der Waals surface area contributed by atoms with Crippen molar-refractivity contribution in [2.75, 3.05) is 13.1 Å². The van der Waals surface area contributed by atoms with Gasteiger partial charge < -0.3 is 10.6 Å². The van der Waals surface area contributed by atoms with Crippen LogP contribution in [0.4, 0.5) is 13.2 Å². The van der Waals surface area contributed by atoms with Gasteiger partial charge >= 0.3 is 12.1 Å². The summed E-state index contributed by atoms with van der Waals surface area (Å²) in [5.41, 5.74) is 5.31. The Bertz CT molecular complexity index is 217. The summed E-state index contributed by atoms with van der Waals surface area (Å²) >= 11 is 0. The third kappa shape index (κ3) is 2.37. The van der Waals surface area contributed by atoms with Gasteiger partial charge in [-0.15, -0.1) is 0 Å². The molecule has 6 heteroatoms. The minimum Gasteiger partial charge on any atom is -0.331 e. The number of hydrogen-bond donors (Lipinski definition) is 1. The highest BCUT2D eigenvalue weighted by molar-refractivity contribution is 5.82. The Kier molecular flexibility index (Phi) is 3.36. The van der Waals surface area contributed by atoms with E-state index in [-0.39, 0.29) is 13.1 Å². The molecular weight excluding hydrogens is 197 g/mol. The quantitative estimate of drug-likeness (QED) is 0.698. The number of rotatable bonds is 1. The fourth-order valence-corrected chi connectivity index (χ4v) is 1.68. The second-order valence-corrected chi connectivity index (χ2v) is 3.38. The Hall–Kier alpha value is -0.780. The van der Waals surface area contributed by atoms with E-state index in [0.29, 0.717) is 12.8 Å². The molecule has 0 aliphatic carbocycles. The van der Waals surface area contributed by atoms with Gasteiger partial charge in [0.25, 0.3) is 0 Å². The molecule has 1 atom stereocenters. The topological polar surface area (TPSA) is 46.3 Å². The number of carbonyl (C=O) groups is 1. The van der Waals surface area contributed by atoms with Crippen LogP contribution in [-0.4, -0.2) is 36.1 Å². The molecule has 1 heterocycles. The molecule has 0 aromatic rings. The van der Waals surface area contributed by atoms with E-state index in [1.54, 1.807) is 0 Å². The van der Waals surface area contributed by atoms with Crippen LogP contribution in [0.5, 0.6) is 0 Å². The van der Waals surface area contributed by atoms with Gasteiger partial charge in [0.05, 0.1) is 0 Å². The molecule has 1 fully saturated rings. The number of nitrogens with two attached hydrogens (primary N) is 1. The van der Waals surface area contributed by atoms with E-state index >= 15 is 0 Å².